The Morgan fingerprint density at radius 1 is 1.16 bits per heavy atom. The van der Waals surface area contributed by atoms with E-state index in [-0.39, 0.29) is 36.0 Å². The van der Waals surface area contributed by atoms with E-state index in [0.717, 1.165) is 28.0 Å². The lowest BCUT2D eigenvalue weighted by molar-refractivity contribution is -0.113. The predicted molar refractivity (Wildman–Crippen MR) is 121 cm³/mol. The number of nitrogens with one attached hydrogen (secondary N) is 1. The van der Waals surface area contributed by atoms with E-state index in [1.54, 1.807) is 38.3 Å². The topological polar surface area (TPSA) is 113 Å². The second kappa shape index (κ2) is 11.0. The number of aromatic nitrogens is 2. The summed E-state index contributed by atoms with van der Waals surface area (Å²) in [5.74, 6) is 0.953. The molecular formula is C21H23N3O6S2. The summed E-state index contributed by atoms with van der Waals surface area (Å²) >= 11 is 2.43. The molecule has 0 atom stereocenters. The van der Waals surface area contributed by atoms with E-state index in [0.29, 0.717) is 16.3 Å². The zero-order chi connectivity index (χ0) is 23.1. The smallest absolute Gasteiger partial charge is 0.341 e. The average molecular weight is 478 g/mol. The highest BCUT2D eigenvalue weighted by atomic mass is 32.2. The van der Waals surface area contributed by atoms with Crippen molar-refractivity contribution in [3.8, 4) is 11.5 Å². The molecule has 0 spiro atoms. The molecule has 1 amide bonds. The third kappa shape index (κ3) is 6.01. The largest absolute Gasteiger partial charge is 0.497 e. The third-order valence-electron chi connectivity index (χ3n) is 4.31. The summed E-state index contributed by atoms with van der Waals surface area (Å²) in [6.07, 6.45) is 0. The first-order chi connectivity index (χ1) is 15.4. The van der Waals surface area contributed by atoms with Gasteiger partial charge in [0, 0.05) is 4.88 Å². The van der Waals surface area contributed by atoms with Gasteiger partial charge in [-0.3, -0.25) is 4.79 Å². The number of ether oxygens (including phenoxy) is 3. The van der Waals surface area contributed by atoms with Crippen LogP contribution < -0.4 is 14.8 Å². The Balaban J connectivity index is 1.52. The first kappa shape index (κ1) is 23.6. The van der Waals surface area contributed by atoms with Crippen LogP contribution in [0.25, 0.3) is 0 Å². The fourth-order valence-electron chi connectivity index (χ4n) is 2.63. The lowest BCUT2D eigenvalue weighted by atomic mass is 10.1. The van der Waals surface area contributed by atoms with E-state index in [1.807, 2.05) is 13.8 Å². The van der Waals surface area contributed by atoms with Crippen LogP contribution in [0.4, 0.5) is 5.00 Å². The number of carbonyl (C=O) groups excluding carboxylic acids is 2. The molecule has 9 nitrogen and oxygen atoms in total. The van der Waals surface area contributed by atoms with Crippen molar-refractivity contribution >= 4 is 40.0 Å². The van der Waals surface area contributed by atoms with Gasteiger partial charge < -0.3 is 23.9 Å². The van der Waals surface area contributed by atoms with Crippen LogP contribution in [0.2, 0.25) is 0 Å². The number of benzene rings is 1. The summed E-state index contributed by atoms with van der Waals surface area (Å²) in [6.45, 7) is 5.82. The Morgan fingerprint density at radius 3 is 2.56 bits per heavy atom. The van der Waals surface area contributed by atoms with Crippen LogP contribution in [0, 0.1) is 13.8 Å². The van der Waals surface area contributed by atoms with Crippen LogP contribution in [0.3, 0.4) is 0 Å². The molecule has 0 radical (unpaired) electrons. The molecular weight excluding hydrogens is 454 g/mol. The predicted octanol–water partition coefficient (Wildman–Crippen LogP) is 4.24. The molecule has 11 heteroatoms. The van der Waals surface area contributed by atoms with Gasteiger partial charge in [-0.25, -0.2) is 4.79 Å². The molecule has 0 aliphatic carbocycles. The van der Waals surface area contributed by atoms with Crippen molar-refractivity contribution in [2.45, 2.75) is 32.6 Å². The van der Waals surface area contributed by atoms with Crippen molar-refractivity contribution in [2.75, 3.05) is 24.8 Å². The number of esters is 1. The molecule has 0 fully saturated rings. The van der Waals surface area contributed by atoms with Gasteiger partial charge in [-0.2, -0.15) is 0 Å². The maximum atomic E-state index is 12.4. The Bertz CT molecular complexity index is 1080. The van der Waals surface area contributed by atoms with Gasteiger partial charge in [0.15, 0.2) is 6.61 Å². The fourth-order valence-corrected chi connectivity index (χ4v) is 4.27. The Morgan fingerprint density at radius 2 is 1.88 bits per heavy atom. The van der Waals surface area contributed by atoms with Gasteiger partial charge >= 0.3 is 5.97 Å². The number of hydrogen-bond donors (Lipinski definition) is 1. The summed E-state index contributed by atoms with van der Waals surface area (Å²) in [6, 6.07) is 7.11. The second-order valence-corrected chi connectivity index (χ2v) is 8.62. The second-order valence-electron chi connectivity index (χ2n) is 6.47. The first-order valence-electron chi connectivity index (χ1n) is 9.70. The van der Waals surface area contributed by atoms with Crippen LogP contribution in [0.1, 0.15) is 33.6 Å². The van der Waals surface area contributed by atoms with E-state index in [2.05, 4.69) is 15.5 Å². The van der Waals surface area contributed by atoms with Crippen molar-refractivity contribution in [3.05, 3.63) is 46.2 Å². The van der Waals surface area contributed by atoms with Crippen LogP contribution in [-0.2, 0) is 16.1 Å². The maximum absolute atomic E-state index is 12.4. The number of thioether (sulfide) groups is 1. The number of anilines is 1. The molecule has 2 aromatic heterocycles. The van der Waals surface area contributed by atoms with E-state index in [4.69, 9.17) is 18.6 Å². The van der Waals surface area contributed by atoms with Crippen molar-refractivity contribution in [1.82, 2.24) is 10.2 Å². The highest BCUT2D eigenvalue weighted by molar-refractivity contribution is 7.99. The number of aryl methyl sites for hydroxylation is 1. The van der Waals surface area contributed by atoms with Gasteiger partial charge in [-0.05, 0) is 50.6 Å². The number of methoxy groups -OCH3 is 1. The van der Waals surface area contributed by atoms with Crippen molar-refractivity contribution in [3.63, 3.8) is 0 Å². The van der Waals surface area contributed by atoms with Gasteiger partial charge in [0.25, 0.3) is 11.1 Å². The minimum Gasteiger partial charge on any atom is -0.497 e. The summed E-state index contributed by atoms with van der Waals surface area (Å²) < 4.78 is 21.3. The SMILES string of the molecule is CCOC(=O)c1c(NC(=O)CSc2nnc(COc3ccc(OC)cc3)o2)sc(C)c1C. The molecule has 170 valence electrons. The molecule has 2 heterocycles. The molecule has 3 rings (SSSR count). The van der Waals surface area contributed by atoms with Crippen LogP contribution >= 0.6 is 23.1 Å². The first-order valence-corrected chi connectivity index (χ1v) is 11.5. The van der Waals surface area contributed by atoms with Crippen LogP contribution in [-0.4, -0.2) is 41.5 Å². The van der Waals surface area contributed by atoms with Crippen molar-refractivity contribution < 1.29 is 28.2 Å². The lowest BCUT2D eigenvalue weighted by Gasteiger charge is -2.06. The summed E-state index contributed by atoms with van der Waals surface area (Å²) in [7, 11) is 1.59. The highest BCUT2D eigenvalue weighted by Gasteiger charge is 2.22. The van der Waals surface area contributed by atoms with Crippen LogP contribution in [0.15, 0.2) is 33.9 Å². The fraction of sp³-hybridized carbons (Fsp3) is 0.333. The molecule has 0 unspecified atom stereocenters. The number of carbonyl (C=O) groups is 2. The minimum atomic E-state index is -0.448. The Labute approximate surface area is 193 Å². The molecule has 32 heavy (non-hydrogen) atoms. The minimum absolute atomic E-state index is 0.0409. The average Bonchev–Trinajstić information content (AvgIpc) is 3.35. The summed E-state index contributed by atoms with van der Waals surface area (Å²) in [4.78, 5) is 25.6. The third-order valence-corrected chi connectivity index (χ3v) is 6.26. The molecule has 0 saturated carbocycles. The molecule has 0 aliphatic heterocycles. The number of thiophene rings is 1. The molecule has 1 N–H and O–H groups in total. The van der Waals surface area contributed by atoms with Gasteiger partial charge in [-0.15, -0.1) is 21.5 Å². The van der Waals surface area contributed by atoms with E-state index in [1.165, 1.54) is 11.3 Å². The van der Waals surface area contributed by atoms with Crippen molar-refractivity contribution in [1.29, 1.82) is 0 Å². The quantitative estimate of drug-likeness (QED) is 0.338. The van der Waals surface area contributed by atoms with Crippen molar-refractivity contribution in [2.24, 2.45) is 0 Å². The van der Waals surface area contributed by atoms with Gasteiger partial charge in [0.2, 0.25) is 5.91 Å². The van der Waals surface area contributed by atoms with Crippen LogP contribution in [0.5, 0.6) is 11.5 Å². The number of nitrogens with zero attached hydrogens (tertiary/aromatic N) is 2. The molecule has 3 aromatic rings. The Kier molecular flexibility index (Phi) is 8.12. The molecule has 0 saturated heterocycles. The van der Waals surface area contributed by atoms with E-state index in [9.17, 15) is 9.59 Å². The van der Waals surface area contributed by atoms with E-state index >= 15 is 0 Å². The molecule has 0 bridgehead atoms. The lowest BCUT2D eigenvalue weighted by Crippen LogP contribution is -2.16. The van der Waals surface area contributed by atoms with Gasteiger partial charge in [0.1, 0.15) is 16.5 Å². The monoisotopic (exact) mass is 477 g/mol. The zero-order valence-corrected chi connectivity index (χ0v) is 19.7. The highest BCUT2D eigenvalue weighted by Crippen LogP contribution is 2.33. The number of amides is 1. The van der Waals surface area contributed by atoms with E-state index < -0.39 is 5.97 Å². The van der Waals surface area contributed by atoms with Gasteiger partial charge in [-0.1, -0.05) is 11.8 Å². The summed E-state index contributed by atoms with van der Waals surface area (Å²) in [5.41, 5.74) is 1.19. The standard InChI is InChI=1S/C21H23N3O6S2/c1-5-28-20(26)18-12(2)13(3)32-19(18)22-16(25)11-31-21-24-23-17(30-21)10-29-15-8-6-14(27-4)7-9-15/h6-9H,5,10-11H2,1-4H3,(H,22,25). The molecule has 0 aliphatic rings. The Hall–Kier alpha value is -3.05. The summed E-state index contributed by atoms with van der Waals surface area (Å²) in [5, 5.41) is 11.3. The normalized spacial score (nSPS) is 10.6. The molecule has 1 aromatic carbocycles. The maximum Gasteiger partial charge on any atom is 0.341 e. The zero-order valence-electron chi connectivity index (χ0n) is 18.1. The van der Waals surface area contributed by atoms with Gasteiger partial charge in [0.05, 0.1) is 25.0 Å². The number of rotatable bonds is 10. The number of hydrogen-bond acceptors (Lipinski definition) is 10.